The second-order valence-electron chi connectivity index (χ2n) is 5.92. The number of nitrogens with zero attached hydrogens (tertiary/aromatic N) is 1. The Morgan fingerprint density at radius 3 is 2.71 bits per heavy atom. The molecule has 3 rings (SSSR count). The summed E-state index contributed by atoms with van der Waals surface area (Å²) >= 11 is 6.93. The van der Waals surface area contributed by atoms with Crippen molar-refractivity contribution in [1.82, 2.24) is 9.88 Å². The predicted molar refractivity (Wildman–Crippen MR) is 108 cm³/mol. The van der Waals surface area contributed by atoms with Crippen LogP contribution in [-0.4, -0.2) is 34.8 Å². The molecule has 0 fully saturated rings. The molecule has 1 atom stereocenters. The van der Waals surface area contributed by atoms with Crippen LogP contribution in [0.15, 0.2) is 59.5 Å². The molecule has 1 aromatic carbocycles. The van der Waals surface area contributed by atoms with Gasteiger partial charge in [-0.25, -0.2) is 4.39 Å². The van der Waals surface area contributed by atoms with Gasteiger partial charge in [0.2, 0.25) is 0 Å². The number of hydrogen-bond donors (Lipinski definition) is 3. The minimum Gasteiger partial charge on any atom is -0.389 e. The molecule has 0 spiro atoms. The summed E-state index contributed by atoms with van der Waals surface area (Å²) in [5.74, 6) is -0.891. The van der Waals surface area contributed by atoms with Gasteiger partial charge in [-0.05, 0) is 30.3 Å². The lowest BCUT2D eigenvalue weighted by molar-refractivity contribution is 0.0926. The summed E-state index contributed by atoms with van der Waals surface area (Å²) in [6.07, 6.45) is 0.632. The SMILES string of the molecule is O=C(NC[C@@H](O)CNc1ccc(-n2ccccc2=O)cc1F)c1ccc(Cl)s1. The van der Waals surface area contributed by atoms with Gasteiger partial charge in [0.1, 0.15) is 5.82 Å². The van der Waals surface area contributed by atoms with Crippen molar-refractivity contribution in [2.45, 2.75) is 6.10 Å². The van der Waals surface area contributed by atoms with Crippen LogP contribution in [-0.2, 0) is 0 Å². The van der Waals surface area contributed by atoms with E-state index in [2.05, 4.69) is 10.6 Å². The molecule has 0 saturated carbocycles. The predicted octanol–water partition coefficient (Wildman–Crippen LogP) is 2.89. The number of aliphatic hydroxyl groups excluding tert-OH is 1. The zero-order chi connectivity index (χ0) is 20.1. The summed E-state index contributed by atoms with van der Waals surface area (Å²) < 4.78 is 16.1. The number of aromatic nitrogens is 1. The van der Waals surface area contributed by atoms with E-state index in [0.29, 0.717) is 14.9 Å². The summed E-state index contributed by atoms with van der Waals surface area (Å²) in [6.45, 7) is 0.0352. The number of amides is 1. The van der Waals surface area contributed by atoms with Gasteiger partial charge in [0, 0.05) is 31.4 Å². The Labute approximate surface area is 169 Å². The largest absolute Gasteiger partial charge is 0.389 e. The number of nitrogens with one attached hydrogen (secondary N) is 2. The average molecular weight is 422 g/mol. The van der Waals surface area contributed by atoms with Crippen LogP contribution in [0.2, 0.25) is 4.34 Å². The maximum absolute atomic E-state index is 14.3. The Bertz CT molecular complexity index is 1040. The monoisotopic (exact) mass is 421 g/mol. The van der Waals surface area contributed by atoms with E-state index in [-0.39, 0.29) is 30.2 Å². The molecule has 6 nitrogen and oxygen atoms in total. The van der Waals surface area contributed by atoms with Crippen LogP contribution in [0.3, 0.4) is 0 Å². The van der Waals surface area contributed by atoms with Crippen LogP contribution in [0.5, 0.6) is 0 Å². The van der Waals surface area contributed by atoms with E-state index in [9.17, 15) is 19.1 Å². The topological polar surface area (TPSA) is 83.4 Å². The van der Waals surface area contributed by atoms with Crippen molar-refractivity contribution in [3.05, 3.63) is 80.1 Å². The molecule has 0 radical (unpaired) electrons. The second kappa shape index (κ2) is 9.01. The molecule has 0 saturated heterocycles. The molecule has 0 aliphatic heterocycles. The van der Waals surface area contributed by atoms with Crippen LogP contribution in [0.4, 0.5) is 10.1 Å². The van der Waals surface area contributed by atoms with E-state index in [1.54, 1.807) is 36.5 Å². The Hall–Kier alpha value is -2.68. The number of carbonyl (C=O) groups excluding carboxylic acids is 1. The fourth-order valence-corrected chi connectivity index (χ4v) is 3.43. The van der Waals surface area contributed by atoms with E-state index in [1.807, 2.05) is 0 Å². The van der Waals surface area contributed by atoms with E-state index < -0.39 is 11.9 Å². The smallest absolute Gasteiger partial charge is 0.261 e. The number of rotatable bonds is 7. The van der Waals surface area contributed by atoms with Crippen molar-refractivity contribution in [2.24, 2.45) is 0 Å². The maximum atomic E-state index is 14.3. The highest BCUT2D eigenvalue weighted by Gasteiger charge is 2.12. The van der Waals surface area contributed by atoms with Crippen LogP contribution in [0.25, 0.3) is 5.69 Å². The van der Waals surface area contributed by atoms with Crippen molar-refractivity contribution in [3.8, 4) is 5.69 Å². The molecule has 0 unspecified atom stereocenters. The van der Waals surface area contributed by atoms with E-state index >= 15 is 0 Å². The molecule has 0 bridgehead atoms. The second-order valence-corrected chi connectivity index (χ2v) is 7.64. The minimum absolute atomic E-state index is 0.000460. The molecule has 146 valence electrons. The number of hydrogen-bond acceptors (Lipinski definition) is 5. The van der Waals surface area contributed by atoms with Crippen LogP contribution >= 0.6 is 22.9 Å². The Morgan fingerprint density at radius 2 is 2.04 bits per heavy atom. The quantitative estimate of drug-likeness (QED) is 0.547. The van der Waals surface area contributed by atoms with Crippen LogP contribution in [0, 0.1) is 5.82 Å². The lowest BCUT2D eigenvalue weighted by Crippen LogP contribution is -2.35. The number of carbonyl (C=O) groups is 1. The third-order valence-electron chi connectivity index (χ3n) is 3.88. The molecule has 9 heteroatoms. The molecular weight excluding hydrogens is 405 g/mol. The Kier molecular flexibility index (Phi) is 6.45. The van der Waals surface area contributed by atoms with Gasteiger partial charge in [-0.2, -0.15) is 0 Å². The van der Waals surface area contributed by atoms with Crippen molar-refractivity contribution in [3.63, 3.8) is 0 Å². The van der Waals surface area contributed by atoms with E-state index in [1.165, 1.54) is 22.8 Å². The zero-order valence-corrected chi connectivity index (χ0v) is 16.1. The number of pyridine rings is 1. The molecule has 3 aromatic rings. The maximum Gasteiger partial charge on any atom is 0.261 e. The van der Waals surface area contributed by atoms with Gasteiger partial charge in [-0.3, -0.25) is 14.2 Å². The summed E-state index contributed by atoms with van der Waals surface area (Å²) in [6, 6.07) is 12.2. The number of anilines is 1. The first-order valence-corrected chi connectivity index (χ1v) is 9.56. The van der Waals surface area contributed by atoms with Gasteiger partial charge in [-0.15, -0.1) is 11.3 Å². The van der Waals surface area contributed by atoms with Gasteiger partial charge >= 0.3 is 0 Å². The molecular formula is C19H17ClFN3O3S. The number of thiophene rings is 1. The molecule has 2 aromatic heterocycles. The Morgan fingerprint density at radius 1 is 1.21 bits per heavy atom. The van der Waals surface area contributed by atoms with Crippen LogP contribution in [0.1, 0.15) is 9.67 Å². The summed E-state index contributed by atoms with van der Waals surface area (Å²) in [5.41, 5.74) is 0.319. The fraction of sp³-hybridized carbons (Fsp3) is 0.158. The highest BCUT2D eigenvalue weighted by Crippen LogP contribution is 2.21. The first kappa shape index (κ1) is 20.1. The summed E-state index contributed by atoms with van der Waals surface area (Å²) in [4.78, 5) is 24.2. The number of aliphatic hydroxyl groups is 1. The van der Waals surface area contributed by atoms with Crippen molar-refractivity contribution in [1.29, 1.82) is 0 Å². The first-order valence-electron chi connectivity index (χ1n) is 8.37. The number of benzene rings is 1. The highest BCUT2D eigenvalue weighted by atomic mass is 35.5. The Balaban J connectivity index is 1.55. The summed E-state index contributed by atoms with van der Waals surface area (Å²) in [7, 11) is 0. The van der Waals surface area contributed by atoms with Crippen LogP contribution < -0.4 is 16.2 Å². The van der Waals surface area contributed by atoms with Gasteiger partial charge < -0.3 is 15.7 Å². The summed E-state index contributed by atoms with van der Waals surface area (Å²) in [5, 5.41) is 15.4. The molecule has 0 aliphatic carbocycles. The minimum atomic E-state index is -0.921. The standard InChI is InChI=1S/C19H17ClFN3O3S/c20-17-7-6-16(28-17)19(27)23-11-13(25)10-22-15-5-4-12(9-14(15)21)24-8-2-1-3-18(24)26/h1-9,13,22,25H,10-11H2,(H,23,27)/t13-/m0/s1. The van der Waals surface area contributed by atoms with E-state index in [4.69, 9.17) is 11.6 Å². The van der Waals surface area contributed by atoms with E-state index in [0.717, 1.165) is 11.3 Å². The molecule has 1 amide bonds. The van der Waals surface area contributed by atoms with Crippen molar-refractivity contribution >= 4 is 34.5 Å². The third-order valence-corrected chi connectivity index (χ3v) is 5.11. The van der Waals surface area contributed by atoms with Crippen molar-refractivity contribution < 1.29 is 14.3 Å². The fourth-order valence-electron chi connectivity index (χ4n) is 2.47. The molecule has 28 heavy (non-hydrogen) atoms. The highest BCUT2D eigenvalue weighted by molar-refractivity contribution is 7.17. The molecule has 2 heterocycles. The molecule has 3 N–H and O–H groups in total. The zero-order valence-electron chi connectivity index (χ0n) is 14.6. The number of halogens is 2. The van der Waals surface area contributed by atoms with Gasteiger partial charge in [0.05, 0.1) is 26.7 Å². The van der Waals surface area contributed by atoms with Gasteiger partial charge in [0.15, 0.2) is 0 Å². The van der Waals surface area contributed by atoms with Gasteiger partial charge in [-0.1, -0.05) is 17.7 Å². The average Bonchev–Trinajstić information content (AvgIpc) is 3.12. The third kappa shape index (κ3) is 4.98. The molecule has 0 aliphatic rings. The lowest BCUT2D eigenvalue weighted by atomic mass is 10.2. The van der Waals surface area contributed by atoms with Crippen molar-refractivity contribution in [2.75, 3.05) is 18.4 Å². The normalized spacial score (nSPS) is 11.8. The first-order chi connectivity index (χ1) is 13.4. The van der Waals surface area contributed by atoms with Gasteiger partial charge in [0.25, 0.3) is 11.5 Å². The lowest BCUT2D eigenvalue weighted by Gasteiger charge is -2.14.